The van der Waals surface area contributed by atoms with E-state index in [2.05, 4.69) is 31.9 Å². The van der Waals surface area contributed by atoms with E-state index in [4.69, 9.17) is 2.74 Å². The minimum absolute atomic E-state index is 0.132. The van der Waals surface area contributed by atoms with Gasteiger partial charge in [0.05, 0.1) is 13.6 Å². The summed E-state index contributed by atoms with van der Waals surface area (Å²) in [7, 11) is 0.572. The summed E-state index contributed by atoms with van der Waals surface area (Å²) >= 11 is 0. The first-order valence-electron chi connectivity index (χ1n) is 9.47. The smallest absolute Gasteiger partial charge is 0.207 e. The standard InChI is InChI=1S/C21H31FNSi/c1-15-11-16(13-21(2,3)4)19(22)12-18(15)20-10-9-17(14-23(20)5)24(6,7)8/h9-12,14H,13H2,1-8H3/q+1/i13D2. The van der Waals surface area contributed by atoms with Crippen molar-refractivity contribution in [1.82, 2.24) is 0 Å². The van der Waals surface area contributed by atoms with Gasteiger partial charge in [0, 0.05) is 14.0 Å². The third-order valence-corrected chi connectivity index (χ3v) is 6.13. The first-order chi connectivity index (χ1) is 11.7. The topological polar surface area (TPSA) is 3.88 Å². The lowest BCUT2D eigenvalue weighted by Crippen LogP contribution is -2.45. The molecule has 3 heteroatoms. The van der Waals surface area contributed by atoms with E-state index in [1.165, 1.54) is 11.3 Å². The highest BCUT2D eigenvalue weighted by atomic mass is 28.3. The van der Waals surface area contributed by atoms with Gasteiger partial charge in [-0.3, -0.25) is 0 Å². The van der Waals surface area contributed by atoms with Crippen LogP contribution in [0.2, 0.25) is 19.6 Å². The van der Waals surface area contributed by atoms with E-state index < -0.39 is 25.7 Å². The van der Waals surface area contributed by atoms with Crippen LogP contribution in [0.25, 0.3) is 11.3 Å². The molecule has 0 unspecified atom stereocenters. The van der Waals surface area contributed by atoms with Crippen molar-refractivity contribution in [2.45, 2.75) is 53.7 Å². The minimum Gasteiger partial charge on any atom is -0.207 e. The van der Waals surface area contributed by atoms with E-state index in [0.29, 0.717) is 0 Å². The predicted octanol–water partition coefficient (Wildman–Crippen LogP) is 4.76. The zero-order valence-corrected chi connectivity index (χ0v) is 17.2. The van der Waals surface area contributed by atoms with Gasteiger partial charge in [0.2, 0.25) is 5.69 Å². The summed E-state index contributed by atoms with van der Waals surface area (Å²) in [5.74, 6) is -0.486. The fraction of sp³-hybridized carbons (Fsp3) is 0.476. The molecule has 0 saturated carbocycles. The van der Waals surface area contributed by atoms with Gasteiger partial charge in [-0.05, 0) is 35.9 Å². The maximum Gasteiger partial charge on any atom is 0.212 e. The molecule has 0 saturated heterocycles. The van der Waals surface area contributed by atoms with Crippen LogP contribution >= 0.6 is 0 Å². The average Bonchev–Trinajstić information content (AvgIpc) is 2.47. The first-order valence-corrected chi connectivity index (χ1v) is 12.0. The van der Waals surface area contributed by atoms with Crippen LogP contribution in [-0.4, -0.2) is 8.07 Å². The van der Waals surface area contributed by atoms with Crippen molar-refractivity contribution in [1.29, 1.82) is 0 Å². The fourth-order valence-corrected chi connectivity index (χ4v) is 3.95. The normalized spacial score (nSPS) is 14.4. The lowest BCUT2D eigenvalue weighted by Gasteiger charge is -2.20. The second kappa shape index (κ2) is 6.44. The van der Waals surface area contributed by atoms with Crippen molar-refractivity contribution >= 4 is 13.3 Å². The molecule has 0 bridgehead atoms. The van der Waals surface area contributed by atoms with Crippen LogP contribution in [0.5, 0.6) is 0 Å². The molecule has 1 aromatic carbocycles. The second-order valence-corrected chi connectivity index (χ2v) is 13.8. The van der Waals surface area contributed by atoms with Crippen molar-refractivity contribution < 1.29 is 11.7 Å². The SMILES string of the molecule is [2H]C([2H])(c1cc(C)c(-c2ccc([Si](C)(C)C)c[n+]2C)cc1F)C(C)(C)C. The summed E-state index contributed by atoms with van der Waals surface area (Å²) < 4.78 is 33.7. The lowest BCUT2D eigenvalue weighted by molar-refractivity contribution is -0.659. The van der Waals surface area contributed by atoms with Gasteiger partial charge >= 0.3 is 0 Å². The zero-order valence-electron chi connectivity index (χ0n) is 18.2. The molecular weight excluding hydrogens is 313 g/mol. The molecule has 0 N–H and O–H groups in total. The molecule has 0 radical (unpaired) electrons. The van der Waals surface area contributed by atoms with E-state index in [-0.39, 0.29) is 5.56 Å². The summed E-state index contributed by atoms with van der Waals surface area (Å²) in [6.45, 7) is 14.2. The van der Waals surface area contributed by atoms with Gasteiger partial charge in [-0.15, -0.1) is 0 Å². The molecule has 0 atom stereocenters. The van der Waals surface area contributed by atoms with Gasteiger partial charge in [0.15, 0.2) is 6.20 Å². The number of pyridine rings is 1. The molecule has 1 heterocycles. The highest BCUT2D eigenvalue weighted by Crippen LogP contribution is 2.28. The molecule has 0 fully saturated rings. The number of aryl methyl sites for hydroxylation is 2. The molecular formula is C21H31FNSi+. The maximum absolute atomic E-state index is 14.9. The van der Waals surface area contributed by atoms with Crippen LogP contribution in [-0.2, 0) is 13.4 Å². The van der Waals surface area contributed by atoms with Crippen LogP contribution in [0.15, 0.2) is 30.5 Å². The summed E-state index contributed by atoms with van der Waals surface area (Å²) in [6, 6.07) is 7.34. The van der Waals surface area contributed by atoms with E-state index >= 15 is 0 Å². The highest BCUT2D eigenvalue weighted by molar-refractivity contribution is 6.88. The molecule has 1 nitrogen and oxygen atoms in total. The predicted molar refractivity (Wildman–Crippen MR) is 104 cm³/mol. The average molecular weight is 347 g/mol. The molecule has 24 heavy (non-hydrogen) atoms. The molecule has 0 aliphatic carbocycles. The second-order valence-electron chi connectivity index (χ2n) is 8.69. The maximum atomic E-state index is 14.9. The van der Waals surface area contributed by atoms with Crippen LogP contribution in [0.1, 0.15) is 34.6 Å². The van der Waals surface area contributed by atoms with Crippen molar-refractivity contribution in [3.8, 4) is 11.3 Å². The lowest BCUT2D eigenvalue weighted by atomic mass is 9.86. The van der Waals surface area contributed by atoms with Gasteiger partial charge in [-0.25, -0.2) is 8.96 Å². The number of rotatable bonds is 3. The number of hydrogen-bond donors (Lipinski definition) is 0. The summed E-state index contributed by atoms with van der Waals surface area (Å²) in [5.41, 5.74) is 2.07. The fourth-order valence-electron chi connectivity index (χ4n) is 2.79. The van der Waals surface area contributed by atoms with Gasteiger partial charge < -0.3 is 0 Å². The molecule has 2 rings (SSSR count). The number of benzene rings is 1. The molecule has 1 aromatic heterocycles. The monoisotopic (exact) mass is 346 g/mol. The van der Waals surface area contributed by atoms with Crippen LogP contribution < -0.4 is 9.75 Å². The minimum atomic E-state index is -1.75. The number of aromatic nitrogens is 1. The molecule has 2 aromatic rings. The molecule has 130 valence electrons. The summed E-state index contributed by atoms with van der Waals surface area (Å²) in [6.07, 6.45) is 0.394. The van der Waals surface area contributed by atoms with Gasteiger partial charge in [0.25, 0.3) is 0 Å². The van der Waals surface area contributed by atoms with Crippen molar-refractivity contribution in [2.75, 3.05) is 0 Å². The van der Waals surface area contributed by atoms with E-state index in [0.717, 1.165) is 16.8 Å². The summed E-state index contributed by atoms with van der Waals surface area (Å²) in [5, 5.41) is 1.35. The Balaban J connectivity index is 2.59. The Kier molecular flexibility index (Phi) is 4.29. The quantitative estimate of drug-likeness (QED) is 0.557. The third kappa shape index (κ3) is 4.32. The zero-order chi connectivity index (χ0) is 20.1. The van der Waals surface area contributed by atoms with E-state index in [1.807, 2.05) is 24.6 Å². The van der Waals surface area contributed by atoms with Crippen LogP contribution in [0.4, 0.5) is 4.39 Å². The highest BCUT2D eigenvalue weighted by Gasteiger charge is 2.23. The number of nitrogens with zero attached hydrogens (tertiary/aromatic N) is 1. The first kappa shape index (κ1) is 16.0. The van der Waals surface area contributed by atoms with Gasteiger partial charge in [-0.1, -0.05) is 52.5 Å². The Morgan fingerprint density at radius 1 is 1.17 bits per heavy atom. The largest absolute Gasteiger partial charge is 0.212 e. The third-order valence-electron chi connectivity index (χ3n) is 4.10. The Morgan fingerprint density at radius 2 is 1.79 bits per heavy atom. The van der Waals surface area contributed by atoms with Crippen molar-refractivity contribution in [3.63, 3.8) is 0 Å². The molecule has 0 spiro atoms. The van der Waals surface area contributed by atoms with Crippen LogP contribution in [0, 0.1) is 18.2 Å². The number of hydrogen-bond acceptors (Lipinski definition) is 0. The van der Waals surface area contributed by atoms with E-state index in [1.54, 1.807) is 26.8 Å². The Labute approximate surface area is 150 Å². The Bertz CT molecular complexity index is 833. The van der Waals surface area contributed by atoms with Gasteiger partial charge in [0.1, 0.15) is 12.9 Å². The van der Waals surface area contributed by atoms with Crippen molar-refractivity contribution in [2.24, 2.45) is 12.5 Å². The van der Waals surface area contributed by atoms with Gasteiger partial charge in [-0.2, -0.15) is 0 Å². The molecule has 0 aliphatic rings. The molecule has 0 aliphatic heterocycles. The molecule has 0 amide bonds. The van der Waals surface area contributed by atoms with E-state index in [9.17, 15) is 4.39 Å². The summed E-state index contributed by atoms with van der Waals surface area (Å²) in [4.78, 5) is 0. The van der Waals surface area contributed by atoms with Crippen LogP contribution in [0.3, 0.4) is 0 Å². The number of halogens is 1. The Hall–Kier alpha value is -1.48. The Morgan fingerprint density at radius 3 is 2.29 bits per heavy atom. The van der Waals surface area contributed by atoms with Crippen molar-refractivity contribution in [3.05, 3.63) is 47.4 Å².